The van der Waals surface area contributed by atoms with E-state index in [4.69, 9.17) is 0 Å². The highest BCUT2D eigenvalue weighted by atomic mass is 16.2. The molecule has 26 heavy (non-hydrogen) atoms. The van der Waals surface area contributed by atoms with Crippen LogP contribution in [0.1, 0.15) is 25.3 Å². The predicted molar refractivity (Wildman–Crippen MR) is 110 cm³/mol. The Kier molecular flexibility index (Phi) is 6.05. The van der Waals surface area contributed by atoms with Crippen molar-refractivity contribution < 1.29 is 4.79 Å². The van der Waals surface area contributed by atoms with Crippen LogP contribution in [0.15, 0.2) is 78.9 Å². The van der Waals surface area contributed by atoms with Gasteiger partial charge in [0.05, 0.1) is 0 Å². The highest BCUT2D eigenvalue weighted by Gasteiger charge is 2.04. The molecule has 0 heterocycles. The fourth-order valence-electron chi connectivity index (χ4n) is 2.81. The van der Waals surface area contributed by atoms with Crippen molar-refractivity contribution in [1.29, 1.82) is 0 Å². The number of carbonyl (C=O) groups excluding carboxylic acids is 1. The zero-order valence-electron chi connectivity index (χ0n) is 15.0. The number of anilines is 2. The lowest BCUT2D eigenvalue weighted by Gasteiger charge is -2.09. The molecular formula is C23H24N2O. The Morgan fingerprint density at radius 3 is 1.85 bits per heavy atom. The maximum absolute atomic E-state index is 12.2. The number of hydrogen-bond donors (Lipinski definition) is 2. The van der Waals surface area contributed by atoms with E-state index in [1.165, 1.54) is 18.4 Å². The van der Waals surface area contributed by atoms with Gasteiger partial charge in [-0.05, 0) is 53.8 Å². The molecule has 0 saturated carbocycles. The second-order valence-electron chi connectivity index (χ2n) is 6.32. The Balaban J connectivity index is 1.56. The Bertz CT molecular complexity index is 824. The molecule has 2 amide bonds. The minimum atomic E-state index is -0.237. The zero-order chi connectivity index (χ0) is 18.2. The van der Waals surface area contributed by atoms with Gasteiger partial charge in [-0.3, -0.25) is 0 Å². The van der Waals surface area contributed by atoms with E-state index < -0.39 is 0 Å². The lowest BCUT2D eigenvalue weighted by atomic mass is 10.1. The minimum Gasteiger partial charge on any atom is -0.308 e. The minimum absolute atomic E-state index is 0.237. The molecule has 0 spiro atoms. The second kappa shape index (κ2) is 8.86. The van der Waals surface area contributed by atoms with Crippen molar-refractivity contribution in [3.05, 3.63) is 84.4 Å². The van der Waals surface area contributed by atoms with Crippen LogP contribution >= 0.6 is 0 Å². The van der Waals surface area contributed by atoms with Gasteiger partial charge in [0.1, 0.15) is 0 Å². The van der Waals surface area contributed by atoms with Crippen LogP contribution in [0.3, 0.4) is 0 Å². The number of benzene rings is 3. The van der Waals surface area contributed by atoms with Crippen molar-refractivity contribution >= 4 is 17.4 Å². The Hall–Kier alpha value is -3.07. The largest absolute Gasteiger partial charge is 0.323 e. The van der Waals surface area contributed by atoms with E-state index in [2.05, 4.69) is 41.8 Å². The molecule has 0 fully saturated rings. The monoisotopic (exact) mass is 344 g/mol. The van der Waals surface area contributed by atoms with Gasteiger partial charge in [0.15, 0.2) is 0 Å². The van der Waals surface area contributed by atoms with Gasteiger partial charge >= 0.3 is 6.03 Å². The molecule has 3 nitrogen and oxygen atoms in total. The molecule has 0 aliphatic heterocycles. The van der Waals surface area contributed by atoms with Crippen LogP contribution in [0, 0.1) is 0 Å². The van der Waals surface area contributed by atoms with Gasteiger partial charge in [-0.2, -0.15) is 0 Å². The summed E-state index contributed by atoms with van der Waals surface area (Å²) in [5.41, 5.74) is 5.14. The van der Waals surface area contributed by atoms with Gasteiger partial charge in [-0.15, -0.1) is 0 Å². The summed E-state index contributed by atoms with van der Waals surface area (Å²) >= 11 is 0. The lowest BCUT2D eigenvalue weighted by Crippen LogP contribution is -2.19. The fourth-order valence-corrected chi connectivity index (χ4v) is 2.81. The Labute approximate surface area is 155 Å². The highest BCUT2D eigenvalue weighted by molar-refractivity contribution is 5.99. The average molecular weight is 344 g/mol. The van der Waals surface area contributed by atoms with Gasteiger partial charge in [-0.25, -0.2) is 4.79 Å². The fraction of sp³-hybridized carbons (Fsp3) is 0.174. The van der Waals surface area contributed by atoms with Gasteiger partial charge in [0.2, 0.25) is 0 Å². The number of aryl methyl sites for hydroxylation is 1. The lowest BCUT2D eigenvalue weighted by molar-refractivity contribution is 0.262. The topological polar surface area (TPSA) is 41.1 Å². The van der Waals surface area contributed by atoms with E-state index in [0.717, 1.165) is 28.9 Å². The van der Waals surface area contributed by atoms with Crippen LogP contribution in [0.25, 0.3) is 11.1 Å². The van der Waals surface area contributed by atoms with Crippen LogP contribution in [0.5, 0.6) is 0 Å². The van der Waals surface area contributed by atoms with Crippen molar-refractivity contribution in [3.63, 3.8) is 0 Å². The number of nitrogens with one attached hydrogen (secondary N) is 2. The SMILES string of the molecule is CCCCc1ccc(NC(=O)Nc2ccc(-c3ccccc3)cc2)cc1. The summed E-state index contributed by atoms with van der Waals surface area (Å²) in [5.74, 6) is 0. The molecule has 2 N–H and O–H groups in total. The van der Waals surface area contributed by atoms with E-state index in [1.807, 2.05) is 54.6 Å². The van der Waals surface area contributed by atoms with Crippen molar-refractivity contribution in [2.75, 3.05) is 10.6 Å². The summed E-state index contributed by atoms with van der Waals surface area (Å²) in [6.07, 6.45) is 3.45. The quantitative estimate of drug-likeness (QED) is 0.538. The first-order valence-electron chi connectivity index (χ1n) is 9.07. The average Bonchev–Trinajstić information content (AvgIpc) is 2.69. The summed E-state index contributed by atoms with van der Waals surface area (Å²) in [4.78, 5) is 12.2. The van der Waals surface area contributed by atoms with Crippen molar-refractivity contribution in [3.8, 4) is 11.1 Å². The second-order valence-corrected chi connectivity index (χ2v) is 6.32. The molecule has 0 aliphatic carbocycles. The third-order valence-corrected chi connectivity index (χ3v) is 4.28. The van der Waals surface area contributed by atoms with Crippen LogP contribution in [-0.2, 0) is 6.42 Å². The molecule has 0 aliphatic rings. The standard InChI is InChI=1S/C23H24N2O/c1-2-3-7-18-10-14-21(15-11-18)24-23(26)25-22-16-12-20(13-17-22)19-8-5-4-6-9-19/h4-6,8-17H,2-3,7H2,1H3,(H2,24,25,26). The molecule has 3 rings (SSSR count). The Morgan fingerprint density at radius 2 is 1.27 bits per heavy atom. The summed E-state index contributed by atoms with van der Waals surface area (Å²) < 4.78 is 0. The maximum atomic E-state index is 12.2. The number of amides is 2. The molecule has 132 valence electrons. The van der Waals surface area contributed by atoms with Gasteiger partial charge in [0, 0.05) is 11.4 Å². The first-order chi connectivity index (χ1) is 12.7. The number of hydrogen-bond acceptors (Lipinski definition) is 1. The number of rotatable bonds is 6. The van der Waals surface area contributed by atoms with E-state index >= 15 is 0 Å². The third kappa shape index (κ3) is 4.96. The van der Waals surface area contributed by atoms with Crippen molar-refractivity contribution in [2.24, 2.45) is 0 Å². The Morgan fingerprint density at radius 1 is 0.731 bits per heavy atom. The summed E-state index contributed by atoms with van der Waals surface area (Å²) in [7, 11) is 0. The van der Waals surface area contributed by atoms with Gasteiger partial charge < -0.3 is 10.6 Å². The number of unbranched alkanes of at least 4 members (excludes halogenated alkanes) is 1. The smallest absolute Gasteiger partial charge is 0.308 e. The molecule has 0 saturated heterocycles. The molecule has 3 aromatic rings. The molecule has 3 heteroatoms. The molecular weight excluding hydrogens is 320 g/mol. The van der Waals surface area contributed by atoms with Crippen molar-refractivity contribution in [1.82, 2.24) is 0 Å². The molecule has 0 radical (unpaired) electrons. The number of carbonyl (C=O) groups is 1. The molecule has 0 unspecified atom stereocenters. The molecule has 0 bridgehead atoms. The number of urea groups is 1. The molecule has 0 atom stereocenters. The van der Waals surface area contributed by atoms with E-state index in [0.29, 0.717) is 0 Å². The maximum Gasteiger partial charge on any atom is 0.323 e. The van der Waals surface area contributed by atoms with E-state index in [9.17, 15) is 4.79 Å². The summed E-state index contributed by atoms with van der Waals surface area (Å²) in [6, 6.07) is 25.8. The van der Waals surface area contributed by atoms with Crippen LogP contribution in [0.4, 0.5) is 16.2 Å². The summed E-state index contributed by atoms with van der Waals surface area (Å²) in [6.45, 7) is 2.19. The zero-order valence-corrected chi connectivity index (χ0v) is 15.0. The van der Waals surface area contributed by atoms with Crippen LogP contribution in [0.2, 0.25) is 0 Å². The van der Waals surface area contributed by atoms with E-state index in [1.54, 1.807) is 0 Å². The van der Waals surface area contributed by atoms with Gasteiger partial charge in [-0.1, -0.05) is 67.9 Å². The first kappa shape index (κ1) is 17.7. The molecule has 0 aromatic heterocycles. The summed E-state index contributed by atoms with van der Waals surface area (Å²) in [5, 5.41) is 5.74. The van der Waals surface area contributed by atoms with Crippen molar-refractivity contribution in [2.45, 2.75) is 26.2 Å². The van der Waals surface area contributed by atoms with Crippen LogP contribution in [-0.4, -0.2) is 6.03 Å². The van der Waals surface area contributed by atoms with Gasteiger partial charge in [0.25, 0.3) is 0 Å². The van der Waals surface area contributed by atoms with E-state index in [-0.39, 0.29) is 6.03 Å². The highest BCUT2D eigenvalue weighted by Crippen LogP contribution is 2.21. The first-order valence-corrected chi connectivity index (χ1v) is 9.07. The molecule has 3 aromatic carbocycles. The van der Waals surface area contributed by atoms with Crippen LogP contribution < -0.4 is 10.6 Å². The predicted octanol–water partition coefficient (Wildman–Crippen LogP) is 6.34. The normalized spacial score (nSPS) is 10.3. The third-order valence-electron chi connectivity index (χ3n) is 4.28.